The summed E-state index contributed by atoms with van der Waals surface area (Å²) in [6.45, 7) is 2.44. The Bertz CT molecular complexity index is 1220. The minimum Gasteiger partial charge on any atom is -0.497 e. The summed E-state index contributed by atoms with van der Waals surface area (Å²) in [6.07, 6.45) is 0. The van der Waals surface area contributed by atoms with Crippen LogP contribution in [0.4, 0.5) is 0 Å². The van der Waals surface area contributed by atoms with Gasteiger partial charge in [0.25, 0.3) is 0 Å². The first-order valence-electron chi connectivity index (χ1n) is 10.1. The second-order valence-corrected chi connectivity index (χ2v) is 8.41. The highest BCUT2D eigenvalue weighted by atomic mass is 32.1. The Kier molecular flexibility index (Phi) is 6.20. The Morgan fingerprint density at radius 2 is 1.84 bits per heavy atom. The molecule has 0 fully saturated rings. The van der Waals surface area contributed by atoms with Crippen LogP contribution in [-0.4, -0.2) is 53.0 Å². The quantitative estimate of drug-likeness (QED) is 0.430. The maximum atomic E-state index is 11.1. The molecule has 8 nitrogen and oxygen atoms in total. The molecule has 0 amide bonds. The lowest BCUT2D eigenvalue weighted by Gasteiger charge is -2.29. The molecule has 0 bridgehead atoms. The average molecular weight is 455 g/mol. The van der Waals surface area contributed by atoms with Crippen LogP contribution in [-0.2, 0) is 6.54 Å². The van der Waals surface area contributed by atoms with Crippen LogP contribution in [0.15, 0.2) is 42.5 Å². The maximum Gasteiger partial charge on any atom is 0.230 e. The van der Waals surface area contributed by atoms with Crippen molar-refractivity contribution in [3.63, 3.8) is 0 Å². The molecule has 9 heteroatoms. The summed E-state index contributed by atoms with van der Waals surface area (Å²) in [5.74, 6) is 2.42. The third kappa shape index (κ3) is 3.96. The summed E-state index contributed by atoms with van der Waals surface area (Å²) >= 11 is 1.39. The molecular formula is C23H26N4O4S. The molecule has 2 aromatic heterocycles. The average Bonchev–Trinajstić information content (AvgIpc) is 3.30. The van der Waals surface area contributed by atoms with E-state index in [1.807, 2.05) is 31.3 Å². The van der Waals surface area contributed by atoms with Crippen LogP contribution in [0, 0.1) is 6.92 Å². The number of hydrogen-bond donors (Lipinski definition) is 1. The summed E-state index contributed by atoms with van der Waals surface area (Å²) < 4.78 is 18.3. The van der Waals surface area contributed by atoms with E-state index in [4.69, 9.17) is 14.2 Å². The fourth-order valence-corrected chi connectivity index (χ4v) is 5.04. The summed E-state index contributed by atoms with van der Waals surface area (Å²) in [7, 11) is 6.81. The van der Waals surface area contributed by atoms with Crippen LogP contribution in [0.5, 0.6) is 23.1 Å². The lowest BCUT2D eigenvalue weighted by Crippen LogP contribution is -2.25. The zero-order valence-electron chi connectivity index (χ0n) is 18.7. The fourth-order valence-electron chi connectivity index (χ4n) is 3.86. The molecule has 4 aromatic rings. The highest BCUT2D eigenvalue weighted by Crippen LogP contribution is 2.47. The van der Waals surface area contributed by atoms with Crippen molar-refractivity contribution in [2.24, 2.45) is 0 Å². The SMILES string of the molecule is COc1cc(OC)c(OC)c(C(c2sc3nc(C)nn3c2O)N(C)Cc2ccccc2)c1. The van der Waals surface area contributed by atoms with E-state index in [9.17, 15) is 5.11 Å². The van der Waals surface area contributed by atoms with Crippen molar-refractivity contribution >= 4 is 16.3 Å². The third-order valence-electron chi connectivity index (χ3n) is 5.28. The van der Waals surface area contributed by atoms with Gasteiger partial charge in [-0.2, -0.15) is 4.52 Å². The number of fused-ring (bicyclic) bond motifs is 1. The predicted octanol–water partition coefficient (Wildman–Crippen LogP) is 4.05. The molecule has 0 radical (unpaired) electrons. The molecule has 0 spiro atoms. The number of thiazole rings is 1. The van der Waals surface area contributed by atoms with Gasteiger partial charge >= 0.3 is 0 Å². The molecule has 168 valence electrons. The van der Waals surface area contributed by atoms with Crippen molar-refractivity contribution in [2.45, 2.75) is 19.5 Å². The normalized spacial score (nSPS) is 12.3. The first kappa shape index (κ1) is 21.9. The van der Waals surface area contributed by atoms with Gasteiger partial charge in [-0.05, 0) is 25.6 Å². The van der Waals surface area contributed by atoms with Gasteiger partial charge in [-0.25, -0.2) is 4.98 Å². The number of ether oxygens (including phenoxy) is 3. The fraction of sp³-hybridized carbons (Fsp3) is 0.304. The largest absolute Gasteiger partial charge is 0.497 e. The molecule has 0 aliphatic rings. The van der Waals surface area contributed by atoms with Gasteiger partial charge in [-0.15, -0.1) is 5.10 Å². The molecule has 0 saturated heterocycles. The number of hydrogen-bond acceptors (Lipinski definition) is 8. The highest BCUT2D eigenvalue weighted by Gasteiger charge is 2.32. The first-order chi connectivity index (χ1) is 15.5. The number of aryl methyl sites for hydroxylation is 1. The minimum absolute atomic E-state index is 0.0550. The van der Waals surface area contributed by atoms with Crippen LogP contribution in [0.3, 0.4) is 0 Å². The molecule has 2 heterocycles. The van der Waals surface area contributed by atoms with Crippen LogP contribution in [0.1, 0.15) is 27.9 Å². The predicted molar refractivity (Wildman–Crippen MR) is 123 cm³/mol. The molecule has 0 saturated carbocycles. The van der Waals surface area contributed by atoms with E-state index >= 15 is 0 Å². The molecule has 2 aromatic carbocycles. The van der Waals surface area contributed by atoms with Crippen molar-refractivity contribution in [3.05, 3.63) is 64.3 Å². The number of rotatable bonds is 8. The van der Waals surface area contributed by atoms with Crippen LogP contribution in [0.2, 0.25) is 0 Å². The zero-order valence-corrected chi connectivity index (χ0v) is 19.5. The number of aromatic nitrogens is 3. The summed E-state index contributed by atoms with van der Waals surface area (Å²) in [5, 5.41) is 15.4. The smallest absolute Gasteiger partial charge is 0.230 e. The van der Waals surface area contributed by atoms with Gasteiger partial charge in [-0.3, -0.25) is 4.90 Å². The summed E-state index contributed by atoms with van der Waals surface area (Å²) in [5.41, 5.74) is 1.95. The number of benzene rings is 2. The van der Waals surface area contributed by atoms with Crippen molar-refractivity contribution in [1.82, 2.24) is 19.5 Å². The molecule has 1 N–H and O–H groups in total. The Morgan fingerprint density at radius 1 is 1.09 bits per heavy atom. The lowest BCUT2D eigenvalue weighted by atomic mass is 10.0. The van der Waals surface area contributed by atoms with Gasteiger partial charge in [0.05, 0.1) is 32.2 Å². The van der Waals surface area contributed by atoms with Crippen molar-refractivity contribution in [2.75, 3.05) is 28.4 Å². The van der Waals surface area contributed by atoms with E-state index < -0.39 is 0 Å². The Hall–Kier alpha value is -3.30. The van der Waals surface area contributed by atoms with Crippen molar-refractivity contribution < 1.29 is 19.3 Å². The Labute approximate surface area is 190 Å². The van der Waals surface area contributed by atoms with Crippen LogP contribution >= 0.6 is 11.3 Å². The summed E-state index contributed by atoms with van der Waals surface area (Å²) in [4.78, 5) is 7.91. The van der Waals surface area contributed by atoms with Gasteiger partial charge in [-0.1, -0.05) is 41.7 Å². The molecule has 1 atom stereocenters. The minimum atomic E-state index is -0.372. The van der Waals surface area contributed by atoms with Gasteiger partial charge < -0.3 is 19.3 Å². The number of methoxy groups -OCH3 is 3. The van der Waals surface area contributed by atoms with Crippen LogP contribution in [0.25, 0.3) is 4.96 Å². The molecule has 32 heavy (non-hydrogen) atoms. The number of nitrogens with zero attached hydrogens (tertiary/aromatic N) is 4. The van der Waals surface area contributed by atoms with Gasteiger partial charge in [0.2, 0.25) is 10.8 Å². The van der Waals surface area contributed by atoms with Gasteiger partial charge in [0, 0.05) is 18.2 Å². The lowest BCUT2D eigenvalue weighted by molar-refractivity contribution is 0.257. The summed E-state index contributed by atoms with van der Waals surface area (Å²) in [6, 6.07) is 13.5. The second kappa shape index (κ2) is 9.05. The van der Waals surface area contributed by atoms with E-state index in [2.05, 4.69) is 27.1 Å². The molecule has 1 unspecified atom stereocenters. The molecule has 0 aliphatic heterocycles. The second-order valence-electron chi connectivity index (χ2n) is 7.40. The first-order valence-corrected chi connectivity index (χ1v) is 10.9. The standard InChI is InChI=1S/C23H26N4O4S/c1-14-24-23-27(25-14)22(28)21(32-23)19(26(2)13-15-9-7-6-8-10-15)17-11-16(29-3)12-18(30-4)20(17)31-5/h6-12,19,28H,13H2,1-5H3. The van der Waals surface area contributed by atoms with Gasteiger partial charge in [0.1, 0.15) is 11.6 Å². The van der Waals surface area contributed by atoms with E-state index in [1.165, 1.54) is 15.9 Å². The molecular weight excluding hydrogens is 428 g/mol. The Balaban J connectivity index is 1.91. The Morgan fingerprint density at radius 3 is 2.47 bits per heavy atom. The topological polar surface area (TPSA) is 81.3 Å². The van der Waals surface area contributed by atoms with Crippen molar-refractivity contribution in [1.29, 1.82) is 0 Å². The number of aromatic hydroxyl groups is 1. The van der Waals surface area contributed by atoms with E-state index in [1.54, 1.807) is 34.3 Å². The molecule has 0 aliphatic carbocycles. The highest BCUT2D eigenvalue weighted by molar-refractivity contribution is 7.17. The maximum absolute atomic E-state index is 11.1. The third-order valence-corrected chi connectivity index (χ3v) is 6.35. The van der Waals surface area contributed by atoms with E-state index in [0.717, 1.165) is 11.1 Å². The van der Waals surface area contributed by atoms with E-state index in [0.29, 0.717) is 39.5 Å². The monoisotopic (exact) mass is 454 g/mol. The van der Waals surface area contributed by atoms with Gasteiger partial charge in [0.15, 0.2) is 11.5 Å². The van der Waals surface area contributed by atoms with E-state index in [-0.39, 0.29) is 11.9 Å². The molecule has 4 rings (SSSR count). The van der Waals surface area contributed by atoms with Crippen LogP contribution < -0.4 is 14.2 Å². The van der Waals surface area contributed by atoms with Crippen molar-refractivity contribution in [3.8, 4) is 23.1 Å². The zero-order chi connectivity index (χ0) is 22.8.